The van der Waals surface area contributed by atoms with Gasteiger partial charge in [0.1, 0.15) is 0 Å². The van der Waals surface area contributed by atoms with E-state index in [1.165, 1.54) is 24.1 Å². The van der Waals surface area contributed by atoms with E-state index in [0.29, 0.717) is 5.92 Å². The van der Waals surface area contributed by atoms with E-state index in [0.717, 1.165) is 18.3 Å². The van der Waals surface area contributed by atoms with Gasteiger partial charge < -0.3 is 10.6 Å². The Morgan fingerprint density at radius 3 is 2.56 bits per heavy atom. The highest BCUT2D eigenvalue weighted by Crippen LogP contribution is 2.37. The number of hydrogen-bond acceptors (Lipinski definition) is 2. The molecule has 0 radical (unpaired) electrons. The molecule has 0 amide bonds. The molecule has 1 fully saturated rings. The lowest BCUT2D eigenvalue weighted by Gasteiger charge is -2.29. The molecule has 0 saturated heterocycles. The molecule has 0 spiro atoms. The molecule has 0 heterocycles. The third kappa shape index (κ3) is 2.31. The second-order valence-electron chi connectivity index (χ2n) is 5.29. The van der Waals surface area contributed by atoms with Crippen LogP contribution in [-0.2, 0) is 0 Å². The summed E-state index contributed by atoms with van der Waals surface area (Å²) in [5.74, 6) is 0.680. The Kier molecular flexibility index (Phi) is 3.08. The number of nitrogen functional groups attached to an aromatic ring is 1. The highest BCUT2D eigenvalue weighted by atomic mass is 15.2. The maximum atomic E-state index is 6.12. The number of anilines is 2. The minimum absolute atomic E-state index is 0.680. The number of rotatable bonds is 4. The molecule has 2 rings (SSSR count). The Hall–Kier alpha value is -1.18. The normalized spacial score (nSPS) is 15.5. The monoisotopic (exact) mass is 218 g/mol. The molecule has 1 aromatic carbocycles. The highest BCUT2D eigenvalue weighted by molar-refractivity contribution is 5.72. The summed E-state index contributed by atoms with van der Waals surface area (Å²) in [5.41, 5.74) is 9.61. The standard InChI is InChI=1S/C14H22N2/c1-10(2)9-16(12-7-8-12)14-11(3)5-4-6-13(14)15/h4-6,10,12H,7-9,15H2,1-3H3. The molecule has 2 heteroatoms. The molecule has 1 saturated carbocycles. The van der Waals surface area contributed by atoms with Gasteiger partial charge >= 0.3 is 0 Å². The van der Waals surface area contributed by atoms with Crippen LogP contribution in [0.1, 0.15) is 32.3 Å². The number of benzene rings is 1. The van der Waals surface area contributed by atoms with Crippen molar-refractivity contribution in [1.29, 1.82) is 0 Å². The van der Waals surface area contributed by atoms with E-state index >= 15 is 0 Å². The van der Waals surface area contributed by atoms with Crippen LogP contribution in [0.25, 0.3) is 0 Å². The van der Waals surface area contributed by atoms with Gasteiger partial charge in [0.2, 0.25) is 0 Å². The van der Waals surface area contributed by atoms with Gasteiger partial charge in [0.25, 0.3) is 0 Å². The van der Waals surface area contributed by atoms with E-state index in [1.54, 1.807) is 0 Å². The molecular weight excluding hydrogens is 196 g/mol. The van der Waals surface area contributed by atoms with Crippen molar-refractivity contribution in [3.05, 3.63) is 23.8 Å². The molecular formula is C14H22N2. The SMILES string of the molecule is Cc1cccc(N)c1N(CC(C)C)C1CC1. The van der Waals surface area contributed by atoms with Crippen molar-refractivity contribution in [2.24, 2.45) is 5.92 Å². The van der Waals surface area contributed by atoms with Gasteiger partial charge in [-0.25, -0.2) is 0 Å². The van der Waals surface area contributed by atoms with Crippen LogP contribution in [0.15, 0.2) is 18.2 Å². The number of aryl methyl sites for hydroxylation is 1. The van der Waals surface area contributed by atoms with Gasteiger partial charge in [0, 0.05) is 12.6 Å². The van der Waals surface area contributed by atoms with Crippen molar-refractivity contribution in [3.8, 4) is 0 Å². The summed E-state index contributed by atoms with van der Waals surface area (Å²) < 4.78 is 0. The van der Waals surface area contributed by atoms with E-state index in [4.69, 9.17) is 5.73 Å². The zero-order valence-electron chi connectivity index (χ0n) is 10.5. The van der Waals surface area contributed by atoms with Gasteiger partial charge in [0.15, 0.2) is 0 Å². The van der Waals surface area contributed by atoms with Gasteiger partial charge in [-0.05, 0) is 37.3 Å². The molecule has 88 valence electrons. The maximum Gasteiger partial charge on any atom is 0.0632 e. The van der Waals surface area contributed by atoms with Crippen LogP contribution in [0.2, 0.25) is 0 Å². The van der Waals surface area contributed by atoms with Crippen LogP contribution in [-0.4, -0.2) is 12.6 Å². The quantitative estimate of drug-likeness (QED) is 0.786. The topological polar surface area (TPSA) is 29.3 Å². The molecule has 1 aliphatic carbocycles. The third-order valence-corrected chi connectivity index (χ3v) is 3.11. The molecule has 0 atom stereocenters. The fraction of sp³-hybridized carbons (Fsp3) is 0.571. The van der Waals surface area contributed by atoms with E-state index in [-0.39, 0.29) is 0 Å². The Morgan fingerprint density at radius 2 is 2.06 bits per heavy atom. The fourth-order valence-corrected chi connectivity index (χ4v) is 2.28. The molecule has 0 bridgehead atoms. The number of nitrogens with zero attached hydrogens (tertiary/aromatic N) is 1. The van der Waals surface area contributed by atoms with Gasteiger partial charge in [-0.1, -0.05) is 26.0 Å². The van der Waals surface area contributed by atoms with Crippen molar-refractivity contribution in [2.45, 2.75) is 39.7 Å². The van der Waals surface area contributed by atoms with Crippen molar-refractivity contribution >= 4 is 11.4 Å². The van der Waals surface area contributed by atoms with Gasteiger partial charge in [-0.3, -0.25) is 0 Å². The summed E-state index contributed by atoms with van der Waals surface area (Å²) in [6.07, 6.45) is 2.64. The first kappa shape index (κ1) is 11.3. The Bertz CT molecular complexity index is 347. The third-order valence-electron chi connectivity index (χ3n) is 3.11. The first-order valence-electron chi connectivity index (χ1n) is 6.21. The summed E-state index contributed by atoms with van der Waals surface area (Å²) in [4.78, 5) is 2.51. The van der Waals surface area contributed by atoms with Crippen molar-refractivity contribution in [2.75, 3.05) is 17.2 Å². The summed E-state index contributed by atoms with van der Waals surface area (Å²) in [6, 6.07) is 6.93. The average Bonchev–Trinajstić information content (AvgIpc) is 2.98. The molecule has 0 unspecified atom stereocenters. The predicted molar refractivity (Wildman–Crippen MR) is 70.8 cm³/mol. The maximum absolute atomic E-state index is 6.12. The molecule has 1 aliphatic rings. The van der Waals surface area contributed by atoms with Crippen LogP contribution in [0.3, 0.4) is 0 Å². The Labute approximate surface area is 98.4 Å². The van der Waals surface area contributed by atoms with Crippen LogP contribution >= 0.6 is 0 Å². The number of para-hydroxylation sites is 1. The second kappa shape index (κ2) is 4.36. The Morgan fingerprint density at radius 1 is 1.38 bits per heavy atom. The van der Waals surface area contributed by atoms with Gasteiger partial charge in [0.05, 0.1) is 11.4 Å². The first-order chi connectivity index (χ1) is 7.59. The molecule has 1 aromatic rings. The van der Waals surface area contributed by atoms with Crippen LogP contribution < -0.4 is 10.6 Å². The first-order valence-corrected chi connectivity index (χ1v) is 6.21. The predicted octanol–water partition coefficient (Wildman–Crippen LogP) is 3.20. The summed E-state index contributed by atoms with van der Waals surface area (Å²) in [5, 5.41) is 0. The van der Waals surface area contributed by atoms with Gasteiger partial charge in [-0.15, -0.1) is 0 Å². The zero-order chi connectivity index (χ0) is 11.7. The second-order valence-corrected chi connectivity index (χ2v) is 5.29. The van der Waals surface area contributed by atoms with E-state index in [1.807, 2.05) is 12.1 Å². The Balaban J connectivity index is 2.30. The van der Waals surface area contributed by atoms with Gasteiger partial charge in [-0.2, -0.15) is 0 Å². The minimum atomic E-state index is 0.680. The van der Waals surface area contributed by atoms with Crippen LogP contribution in [0.4, 0.5) is 11.4 Å². The molecule has 2 N–H and O–H groups in total. The van der Waals surface area contributed by atoms with Crippen LogP contribution in [0.5, 0.6) is 0 Å². The average molecular weight is 218 g/mol. The fourth-order valence-electron chi connectivity index (χ4n) is 2.28. The van der Waals surface area contributed by atoms with E-state index < -0.39 is 0 Å². The largest absolute Gasteiger partial charge is 0.397 e. The van der Waals surface area contributed by atoms with Crippen molar-refractivity contribution in [3.63, 3.8) is 0 Å². The summed E-state index contributed by atoms with van der Waals surface area (Å²) in [7, 11) is 0. The summed E-state index contributed by atoms with van der Waals surface area (Å²) in [6.45, 7) is 7.80. The lowest BCUT2D eigenvalue weighted by Crippen LogP contribution is -2.31. The van der Waals surface area contributed by atoms with Crippen molar-refractivity contribution in [1.82, 2.24) is 0 Å². The van der Waals surface area contributed by atoms with Crippen LogP contribution in [0, 0.1) is 12.8 Å². The smallest absolute Gasteiger partial charge is 0.0632 e. The molecule has 16 heavy (non-hydrogen) atoms. The highest BCUT2D eigenvalue weighted by Gasteiger charge is 2.31. The lowest BCUT2D eigenvalue weighted by atomic mass is 10.1. The molecule has 0 aromatic heterocycles. The number of nitrogens with two attached hydrogens (primary N) is 1. The van der Waals surface area contributed by atoms with E-state index in [2.05, 4.69) is 31.7 Å². The molecule has 2 nitrogen and oxygen atoms in total. The summed E-state index contributed by atoms with van der Waals surface area (Å²) >= 11 is 0. The number of hydrogen-bond donors (Lipinski definition) is 1. The molecule has 0 aliphatic heterocycles. The van der Waals surface area contributed by atoms with E-state index in [9.17, 15) is 0 Å². The minimum Gasteiger partial charge on any atom is -0.397 e. The zero-order valence-corrected chi connectivity index (χ0v) is 10.5. The van der Waals surface area contributed by atoms with Crippen molar-refractivity contribution < 1.29 is 0 Å². The lowest BCUT2D eigenvalue weighted by molar-refractivity contribution is 0.607.